The molecule has 1 aromatic heterocycles. The van der Waals surface area contributed by atoms with Gasteiger partial charge in [0.15, 0.2) is 0 Å². The van der Waals surface area contributed by atoms with E-state index in [1.54, 1.807) is 0 Å². The van der Waals surface area contributed by atoms with E-state index < -0.39 is 0 Å². The third-order valence-corrected chi connectivity index (χ3v) is 3.29. The summed E-state index contributed by atoms with van der Waals surface area (Å²) in [6, 6.07) is 4.52. The van der Waals surface area contributed by atoms with Gasteiger partial charge >= 0.3 is 0 Å². The summed E-state index contributed by atoms with van der Waals surface area (Å²) in [7, 11) is 0. The number of likely N-dealkylation sites (N-methyl/N-ethyl adjacent to an activating group) is 1. The smallest absolute Gasteiger partial charge is 0.0606 e. The lowest BCUT2D eigenvalue weighted by Gasteiger charge is -2.22. The summed E-state index contributed by atoms with van der Waals surface area (Å²) < 4.78 is 0. The maximum Gasteiger partial charge on any atom is 0.0606 e. The van der Waals surface area contributed by atoms with Gasteiger partial charge in [0.25, 0.3) is 0 Å². The Morgan fingerprint density at radius 2 is 2.11 bits per heavy atom. The number of anilines is 1. The number of hydrogen-bond acceptors (Lipinski definition) is 4. The van der Waals surface area contributed by atoms with Crippen molar-refractivity contribution in [3.63, 3.8) is 0 Å². The normalized spacial score (nSPS) is 12.4. The van der Waals surface area contributed by atoms with E-state index in [0.717, 1.165) is 37.3 Å². The van der Waals surface area contributed by atoms with E-state index >= 15 is 0 Å². The zero-order valence-electron chi connectivity index (χ0n) is 12.4. The fourth-order valence-corrected chi connectivity index (χ4v) is 2.16. The molecule has 0 aliphatic rings. The van der Waals surface area contributed by atoms with Crippen LogP contribution in [0.15, 0.2) is 18.3 Å². The molecule has 1 unspecified atom stereocenters. The van der Waals surface area contributed by atoms with E-state index in [4.69, 9.17) is 5.11 Å². The highest BCUT2D eigenvalue weighted by Gasteiger charge is 2.10. The zero-order chi connectivity index (χ0) is 14.1. The molecular formula is C15H27N3O. The van der Waals surface area contributed by atoms with Gasteiger partial charge in [-0.3, -0.25) is 4.98 Å². The lowest BCUT2D eigenvalue weighted by molar-refractivity contribution is 0.302. The van der Waals surface area contributed by atoms with Crippen molar-refractivity contribution < 1.29 is 5.11 Å². The highest BCUT2D eigenvalue weighted by Crippen LogP contribution is 2.18. The minimum atomic E-state index is 0.172. The molecule has 1 aromatic rings. The van der Waals surface area contributed by atoms with E-state index in [9.17, 15) is 0 Å². The minimum Gasteiger partial charge on any atom is -0.395 e. The molecule has 0 amide bonds. The first-order chi connectivity index (χ1) is 9.26. The molecule has 1 heterocycles. The van der Waals surface area contributed by atoms with Crippen molar-refractivity contribution in [3.8, 4) is 0 Å². The highest BCUT2D eigenvalue weighted by molar-refractivity contribution is 5.44. The number of nitrogens with zero attached hydrogens (tertiary/aromatic N) is 2. The molecule has 4 heteroatoms. The van der Waals surface area contributed by atoms with Gasteiger partial charge < -0.3 is 15.3 Å². The Hall–Kier alpha value is -1.13. The first kappa shape index (κ1) is 15.9. The topological polar surface area (TPSA) is 48.4 Å². The van der Waals surface area contributed by atoms with Gasteiger partial charge in [0.05, 0.1) is 24.2 Å². The van der Waals surface area contributed by atoms with Crippen LogP contribution in [0.5, 0.6) is 0 Å². The molecule has 1 rings (SSSR count). The largest absolute Gasteiger partial charge is 0.395 e. The lowest BCUT2D eigenvalue weighted by atomic mass is 10.1. The Bertz CT molecular complexity index is 340. The highest BCUT2D eigenvalue weighted by atomic mass is 16.3. The molecule has 0 saturated carbocycles. The number of hydrogen-bond donors (Lipinski definition) is 2. The summed E-state index contributed by atoms with van der Waals surface area (Å²) >= 11 is 0. The molecule has 0 aliphatic heterocycles. The minimum absolute atomic E-state index is 0.172. The van der Waals surface area contributed by atoms with Crippen LogP contribution in [0.2, 0.25) is 0 Å². The van der Waals surface area contributed by atoms with Gasteiger partial charge in [0.2, 0.25) is 0 Å². The van der Waals surface area contributed by atoms with Crippen molar-refractivity contribution in [3.05, 3.63) is 24.0 Å². The number of pyridine rings is 1. The molecule has 0 aromatic carbocycles. The van der Waals surface area contributed by atoms with Gasteiger partial charge in [-0.05, 0) is 38.4 Å². The number of rotatable bonds is 9. The zero-order valence-corrected chi connectivity index (χ0v) is 12.4. The van der Waals surface area contributed by atoms with E-state index in [1.807, 2.05) is 6.20 Å². The molecule has 0 bridgehead atoms. The van der Waals surface area contributed by atoms with Gasteiger partial charge in [-0.2, -0.15) is 0 Å². The Morgan fingerprint density at radius 3 is 2.58 bits per heavy atom. The summed E-state index contributed by atoms with van der Waals surface area (Å²) in [6.45, 7) is 9.16. The Morgan fingerprint density at radius 1 is 1.32 bits per heavy atom. The monoisotopic (exact) mass is 265 g/mol. The second-order valence-electron chi connectivity index (χ2n) is 4.66. The van der Waals surface area contributed by atoms with Crippen LogP contribution in [0.3, 0.4) is 0 Å². The molecule has 0 radical (unpaired) electrons. The standard InChI is InChI=1S/C15H27N3O/c1-4-9-16-14(5-2)15-8-7-13(12-17-15)18(6-3)10-11-19/h7-8,12,14,16,19H,4-6,9-11H2,1-3H3. The average Bonchev–Trinajstić information content (AvgIpc) is 2.46. The quantitative estimate of drug-likeness (QED) is 0.719. The van der Waals surface area contributed by atoms with Crippen LogP contribution in [0.1, 0.15) is 45.3 Å². The van der Waals surface area contributed by atoms with Crippen molar-refractivity contribution >= 4 is 5.69 Å². The van der Waals surface area contributed by atoms with Crippen molar-refractivity contribution in [1.29, 1.82) is 0 Å². The molecular weight excluding hydrogens is 238 g/mol. The van der Waals surface area contributed by atoms with E-state index in [1.165, 1.54) is 0 Å². The summed E-state index contributed by atoms with van der Waals surface area (Å²) in [6.07, 6.45) is 4.08. The molecule has 1 atom stereocenters. The second-order valence-corrected chi connectivity index (χ2v) is 4.66. The van der Waals surface area contributed by atoms with Crippen molar-refractivity contribution in [2.45, 2.75) is 39.7 Å². The molecule has 0 saturated heterocycles. The number of aliphatic hydroxyl groups is 1. The molecule has 19 heavy (non-hydrogen) atoms. The van der Waals surface area contributed by atoms with E-state index in [0.29, 0.717) is 12.6 Å². The number of aromatic nitrogens is 1. The maximum atomic E-state index is 9.04. The SMILES string of the molecule is CCCNC(CC)c1ccc(N(CC)CCO)cn1. The van der Waals surface area contributed by atoms with Gasteiger partial charge in [0, 0.05) is 19.1 Å². The third-order valence-electron chi connectivity index (χ3n) is 3.29. The molecule has 2 N–H and O–H groups in total. The van der Waals surface area contributed by atoms with Crippen LogP contribution in [0.25, 0.3) is 0 Å². The van der Waals surface area contributed by atoms with E-state index in [-0.39, 0.29) is 6.61 Å². The van der Waals surface area contributed by atoms with Gasteiger partial charge in [-0.25, -0.2) is 0 Å². The fourth-order valence-electron chi connectivity index (χ4n) is 2.16. The van der Waals surface area contributed by atoms with Crippen LogP contribution in [0, 0.1) is 0 Å². The number of nitrogens with one attached hydrogen (secondary N) is 1. The van der Waals surface area contributed by atoms with Crippen LogP contribution in [0.4, 0.5) is 5.69 Å². The van der Waals surface area contributed by atoms with E-state index in [2.05, 4.69) is 48.1 Å². The van der Waals surface area contributed by atoms with Crippen molar-refractivity contribution in [2.24, 2.45) is 0 Å². The van der Waals surface area contributed by atoms with Crippen molar-refractivity contribution in [1.82, 2.24) is 10.3 Å². The van der Waals surface area contributed by atoms with Gasteiger partial charge in [-0.1, -0.05) is 13.8 Å². The third kappa shape index (κ3) is 4.80. The Labute approximate surface area is 116 Å². The van der Waals surface area contributed by atoms with Crippen molar-refractivity contribution in [2.75, 3.05) is 31.1 Å². The van der Waals surface area contributed by atoms with Crippen LogP contribution >= 0.6 is 0 Å². The lowest BCUT2D eigenvalue weighted by Crippen LogP contribution is -2.26. The molecule has 0 spiro atoms. The maximum absolute atomic E-state index is 9.04. The van der Waals surface area contributed by atoms with Gasteiger partial charge in [0.1, 0.15) is 0 Å². The molecule has 0 aliphatic carbocycles. The van der Waals surface area contributed by atoms with Gasteiger partial charge in [-0.15, -0.1) is 0 Å². The first-order valence-corrected chi connectivity index (χ1v) is 7.31. The summed E-state index contributed by atoms with van der Waals surface area (Å²) in [5, 5.41) is 12.5. The van der Waals surface area contributed by atoms with Crippen LogP contribution in [-0.4, -0.2) is 36.3 Å². The summed E-state index contributed by atoms with van der Waals surface area (Å²) in [5.41, 5.74) is 2.17. The first-order valence-electron chi connectivity index (χ1n) is 7.31. The molecule has 108 valence electrons. The number of aliphatic hydroxyl groups excluding tert-OH is 1. The van der Waals surface area contributed by atoms with Crippen LogP contribution < -0.4 is 10.2 Å². The predicted octanol–water partition coefficient (Wildman–Crippen LogP) is 2.35. The molecule has 0 fully saturated rings. The predicted molar refractivity (Wildman–Crippen MR) is 80.5 cm³/mol. The second kappa shape index (κ2) is 8.88. The molecule has 4 nitrogen and oxygen atoms in total. The summed E-state index contributed by atoms with van der Waals surface area (Å²) in [4.78, 5) is 6.69. The van der Waals surface area contributed by atoms with Crippen LogP contribution in [-0.2, 0) is 0 Å². The fraction of sp³-hybridized carbons (Fsp3) is 0.667. The summed E-state index contributed by atoms with van der Waals surface area (Å²) in [5.74, 6) is 0. The Kier molecular flexibility index (Phi) is 7.45. The Balaban J connectivity index is 2.73. The average molecular weight is 265 g/mol.